The molecule has 0 radical (unpaired) electrons. The summed E-state index contributed by atoms with van der Waals surface area (Å²) in [5.41, 5.74) is 5.35. The van der Waals surface area contributed by atoms with Gasteiger partial charge in [0.1, 0.15) is 11.6 Å². The number of anilines is 1. The maximum absolute atomic E-state index is 13.2. The number of nitrogen functional groups attached to an aromatic ring is 1. The molecule has 1 saturated heterocycles. The average Bonchev–Trinajstić information content (AvgIpc) is 2.89. The average molecular weight is 423 g/mol. The quantitative estimate of drug-likeness (QED) is 0.802. The van der Waals surface area contributed by atoms with Crippen molar-refractivity contribution in [2.24, 2.45) is 0 Å². The predicted molar refractivity (Wildman–Crippen MR) is 108 cm³/mol. The Kier molecular flexibility index (Phi) is 5.76. The first kappa shape index (κ1) is 21.1. The Hall–Kier alpha value is -2.13. The van der Waals surface area contributed by atoms with Gasteiger partial charge in [-0.05, 0) is 25.3 Å². The third kappa shape index (κ3) is 4.18. The second-order valence-corrected chi connectivity index (χ2v) is 8.48. The van der Waals surface area contributed by atoms with Gasteiger partial charge >= 0.3 is 6.18 Å². The predicted octanol–water partition coefficient (Wildman–Crippen LogP) is 4.10. The Labute approximate surface area is 174 Å². The molecule has 3 heterocycles. The summed E-state index contributed by atoms with van der Waals surface area (Å²) in [6.45, 7) is 7.71. The molecule has 0 spiro atoms. The van der Waals surface area contributed by atoms with E-state index in [-0.39, 0.29) is 5.92 Å². The molecule has 2 fully saturated rings. The minimum Gasteiger partial charge on any atom is -0.383 e. The van der Waals surface area contributed by atoms with Crippen molar-refractivity contribution in [3.63, 3.8) is 0 Å². The van der Waals surface area contributed by atoms with Gasteiger partial charge in [-0.25, -0.2) is 9.97 Å². The van der Waals surface area contributed by atoms with Gasteiger partial charge in [0.15, 0.2) is 0 Å². The van der Waals surface area contributed by atoms with Crippen LogP contribution in [0.2, 0.25) is 0 Å². The third-order valence-electron chi connectivity index (χ3n) is 6.05. The lowest BCUT2D eigenvalue weighted by Crippen LogP contribution is -2.46. The first-order valence-electron chi connectivity index (χ1n) is 10.5. The second kappa shape index (κ2) is 8.19. The Balaban J connectivity index is 1.56. The summed E-state index contributed by atoms with van der Waals surface area (Å²) < 4.78 is 47.4. The van der Waals surface area contributed by atoms with Crippen molar-refractivity contribution in [1.29, 1.82) is 0 Å². The summed E-state index contributed by atoms with van der Waals surface area (Å²) in [6.07, 6.45) is 1.78. The van der Waals surface area contributed by atoms with E-state index in [1.807, 2.05) is 20.0 Å². The van der Waals surface area contributed by atoms with E-state index in [9.17, 15) is 13.2 Å². The molecule has 0 amide bonds. The molecule has 2 aliphatic rings. The highest BCUT2D eigenvalue weighted by Gasteiger charge is 2.37. The lowest BCUT2D eigenvalue weighted by atomic mass is 9.84. The highest BCUT2D eigenvalue weighted by molar-refractivity contribution is 5.62. The number of imidazole rings is 1. The fraction of sp³-hybridized carbons (Fsp3) is 0.619. The molecule has 0 bridgehead atoms. The van der Waals surface area contributed by atoms with Crippen molar-refractivity contribution in [1.82, 2.24) is 19.4 Å². The van der Waals surface area contributed by atoms with Crippen molar-refractivity contribution >= 4 is 5.82 Å². The Bertz CT molecular complexity index is 881. The van der Waals surface area contributed by atoms with Crippen molar-refractivity contribution in [3.8, 4) is 11.3 Å². The van der Waals surface area contributed by atoms with Crippen LogP contribution in [-0.4, -0.2) is 51.8 Å². The van der Waals surface area contributed by atoms with Crippen LogP contribution in [0.15, 0.2) is 18.5 Å². The first-order chi connectivity index (χ1) is 14.2. The molecule has 9 heteroatoms. The maximum Gasteiger partial charge on any atom is 0.419 e. The van der Waals surface area contributed by atoms with E-state index >= 15 is 0 Å². The summed E-state index contributed by atoms with van der Waals surface area (Å²) in [5.74, 6) is 0.532. The normalized spacial score (nSPS) is 23.4. The molecule has 4 rings (SSSR count). The molecule has 0 unspecified atom stereocenters. The van der Waals surface area contributed by atoms with E-state index in [1.54, 1.807) is 0 Å². The summed E-state index contributed by atoms with van der Waals surface area (Å²) in [4.78, 5) is 10.9. The molecule has 1 saturated carbocycles. The zero-order valence-electron chi connectivity index (χ0n) is 17.3. The molecule has 0 atom stereocenters. The molecule has 2 aromatic rings. The number of hydrogen-bond acceptors (Lipinski definition) is 5. The van der Waals surface area contributed by atoms with Gasteiger partial charge in [0.2, 0.25) is 0 Å². The van der Waals surface area contributed by atoms with E-state index in [1.165, 1.54) is 6.20 Å². The fourth-order valence-electron chi connectivity index (χ4n) is 4.32. The van der Waals surface area contributed by atoms with Crippen LogP contribution in [0, 0.1) is 0 Å². The van der Waals surface area contributed by atoms with Crippen LogP contribution in [0.5, 0.6) is 0 Å². The van der Waals surface area contributed by atoms with Crippen molar-refractivity contribution < 1.29 is 17.9 Å². The van der Waals surface area contributed by atoms with Crippen molar-refractivity contribution in [2.75, 3.05) is 32.0 Å². The number of alkyl halides is 3. The number of halogens is 3. The van der Waals surface area contributed by atoms with Crippen LogP contribution >= 0.6 is 0 Å². The van der Waals surface area contributed by atoms with Crippen LogP contribution in [0.1, 0.15) is 56.5 Å². The van der Waals surface area contributed by atoms with Crippen LogP contribution in [0.25, 0.3) is 11.3 Å². The van der Waals surface area contributed by atoms with Crippen molar-refractivity contribution in [3.05, 3.63) is 29.8 Å². The molecule has 164 valence electrons. The monoisotopic (exact) mass is 423 g/mol. The summed E-state index contributed by atoms with van der Waals surface area (Å²) in [7, 11) is 0. The summed E-state index contributed by atoms with van der Waals surface area (Å²) in [6, 6.07) is 1.87. The number of rotatable bonds is 4. The summed E-state index contributed by atoms with van der Waals surface area (Å²) in [5, 5.41) is 0. The SMILES string of the molecule is CC(C)c1nc(-c2cnc(N)c(C(F)(F)F)c2)cn1C1CC(N2CCCOCC2)C1. The van der Waals surface area contributed by atoms with Crippen LogP contribution in [0.4, 0.5) is 19.0 Å². The zero-order valence-corrected chi connectivity index (χ0v) is 17.3. The number of ether oxygens (including phenoxy) is 1. The standard InChI is InChI=1S/C21H28F3N5O/c1-13(2)20-27-18(14-8-17(21(22,23)24)19(25)26-11-14)12-29(20)16-9-15(10-16)28-4-3-6-30-7-5-28/h8,11-13,15-16H,3-7,9-10H2,1-2H3,(H2,25,26). The highest BCUT2D eigenvalue weighted by Crippen LogP contribution is 2.40. The van der Waals surface area contributed by atoms with E-state index in [4.69, 9.17) is 10.5 Å². The second-order valence-electron chi connectivity index (χ2n) is 8.48. The van der Waals surface area contributed by atoms with E-state index in [0.29, 0.717) is 23.3 Å². The lowest BCUT2D eigenvalue weighted by molar-refractivity contribution is -0.137. The number of pyridine rings is 1. The maximum atomic E-state index is 13.2. The highest BCUT2D eigenvalue weighted by atomic mass is 19.4. The van der Waals surface area contributed by atoms with E-state index in [2.05, 4.69) is 19.4 Å². The summed E-state index contributed by atoms with van der Waals surface area (Å²) >= 11 is 0. The Morgan fingerprint density at radius 2 is 1.93 bits per heavy atom. The molecule has 30 heavy (non-hydrogen) atoms. The van der Waals surface area contributed by atoms with E-state index < -0.39 is 17.6 Å². The number of hydrogen-bond donors (Lipinski definition) is 1. The van der Waals surface area contributed by atoms with Gasteiger partial charge in [-0.2, -0.15) is 13.2 Å². The largest absolute Gasteiger partial charge is 0.419 e. The van der Waals surface area contributed by atoms with Gasteiger partial charge in [-0.1, -0.05) is 13.8 Å². The molecule has 2 aromatic heterocycles. The minimum absolute atomic E-state index is 0.160. The molecule has 1 aliphatic carbocycles. The molecular weight excluding hydrogens is 395 g/mol. The molecular formula is C21H28F3N5O. The lowest BCUT2D eigenvalue weighted by Gasteiger charge is -2.43. The van der Waals surface area contributed by atoms with Gasteiger partial charge in [-0.15, -0.1) is 0 Å². The van der Waals surface area contributed by atoms with Gasteiger partial charge in [-0.3, -0.25) is 4.90 Å². The third-order valence-corrected chi connectivity index (χ3v) is 6.05. The smallest absolute Gasteiger partial charge is 0.383 e. The number of aromatic nitrogens is 3. The number of nitrogens with zero attached hydrogens (tertiary/aromatic N) is 4. The van der Waals surface area contributed by atoms with Crippen molar-refractivity contribution in [2.45, 2.75) is 57.3 Å². The van der Waals surface area contributed by atoms with Gasteiger partial charge in [0.25, 0.3) is 0 Å². The van der Waals surface area contributed by atoms with Crippen LogP contribution in [0.3, 0.4) is 0 Å². The van der Waals surface area contributed by atoms with Gasteiger partial charge < -0.3 is 15.0 Å². The van der Waals surface area contributed by atoms with E-state index in [0.717, 1.165) is 57.5 Å². The number of nitrogens with two attached hydrogens (primary N) is 1. The fourth-order valence-corrected chi connectivity index (χ4v) is 4.32. The van der Waals surface area contributed by atoms with Gasteiger partial charge in [0, 0.05) is 55.7 Å². The Morgan fingerprint density at radius 1 is 1.17 bits per heavy atom. The topological polar surface area (TPSA) is 69.2 Å². The molecule has 2 N–H and O–H groups in total. The van der Waals surface area contributed by atoms with Gasteiger partial charge in [0.05, 0.1) is 17.9 Å². The zero-order chi connectivity index (χ0) is 21.5. The first-order valence-corrected chi connectivity index (χ1v) is 10.5. The molecule has 6 nitrogen and oxygen atoms in total. The Morgan fingerprint density at radius 3 is 2.63 bits per heavy atom. The minimum atomic E-state index is -4.55. The molecule has 0 aromatic carbocycles. The van der Waals surface area contributed by atoms with Crippen LogP contribution < -0.4 is 5.73 Å². The molecule has 1 aliphatic heterocycles. The van der Waals surface area contributed by atoms with Crippen LogP contribution in [-0.2, 0) is 10.9 Å².